The fourth-order valence-electron chi connectivity index (χ4n) is 4.27. The lowest BCUT2D eigenvalue weighted by molar-refractivity contribution is -0.124. The number of hydrogen-bond acceptors (Lipinski definition) is 3. The van der Waals surface area contributed by atoms with Gasteiger partial charge < -0.3 is 5.32 Å². The summed E-state index contributed by atoms with van der Waals surface area (Å²) in [4.78, 5) is 12.2. The molecule has 1 aliphatic heterocycles. The van der Waals surface area contributed by atoms with Gasteiger partial charge in [-0.1, -0.05) is 32.7 Å². The number of nitrogens with one attached hydrogen (secondary N) is 2. The molecule has 1 amide bonds. The van der Waals surface area contributed by atoms with Gasteiger partial charge in [-0.2, -0.15) is 0 Å². The Balaban J connectivity index is 1.70. The molecule has 0 spiro atoms. The Hall–Kier alpha value is -0.220. The lowest BCUT2D eigenvalue weighted by Crippen LogP contribution is -2.51. The second-order valence-electron chi connectivity index (χ2n) is 6.98. The minimum Gasteiger partial charge on any atom is -0.351 e. The maximum Gasteiger partial charge on any atom is 0.238 e. The fraction of sp³-hybridized carbons (Fsp3) is 0.929. The molecule has 2 saturated carbocycles. The summed E-state index contributed by atoms with van der Waals surface area (Å²) in [6.07, 6.45) is 4.75. The van der Waals surface area contributed by atoms with Gasteiger partial charge in [0.05, 0.1) is 6.04 Å². The quantitative estimate of drug-likeness (QED) is 0.755. The minimum atomic E-state index is 0.0286. The van der Waals surface area contributed by atoms with Crippen LogP contribution in [-0.2, 0) is 4.79 Å². The third-order valence-electron chi connectivity index (χ3n) is 6.16. The summed E-state index contributed by atoms with van der Waals surface area (Å²) < 4.78 is 3.21. The van der Waals surface area contributed by atoms with Crippen LogP contribution >= 0.6 is 11.9 Å². The first kappa shape index (κ1) is 12.8. The molecule has 1 heterocycles. The normalized spacial score (nSPS) is 45.4. The van der Waals surface area contributed by atoms with Crippen molar-refractivity contribution in [3.05, 3.63) is 0 Å². The molecule has 2 bridgehead atoms. The zero-order valence-electron chi connectivity index (χ0n) is 11.6. The van der Waals surface area contributed by atoms with E-state index in [1.807, 2.05) is 0 Å². The van der Waals surface area contributed by atoms with E-state index in [1.165, 1.54) is 19.3 Å². The van der Waals surface area contributed by atoms with Crippen molar-refractivity contribution in [3.8, 4) is 0 Å². The van der Waals surface area contributed by atoms with Crippen LogP contribution in [0.3, 0.4) is 0 Å². The average molecular weight is 268 g/mol. The number of carbonyl (C=O) groups excluding carboxylic acids is 1. The number of amides is 1. The van der Waals surface area contributed by atoms with Gasteiger partial charge in [0.15, 0.2) is 0 Å². The Kier molecular flexibility index (Phi) is 2.94. The van der Waals surface area contributed by atoms with Crippen molar-refractivity contribution in [1.82, 2.24) is 10.0 Å². The van der Waals surface area contributed by atoms with Crippen LogP contribution in [0.5, 0.6) is 0 Å². The molecule has 4 heteroatoms. The van der Waals surface area contributed by atoms with Crippen molar-refractivity contribution in [2.24, 2.45) is 16.7 Å². The molecule has 0 aromatic carbocycles. The van der Waals surface area contributed by atoms with E-state index in [2.05, 4.69) is 30.8 Å². The highest BCUT2D eigenvalue weighted by atomic mass is 32.2. The first-order valence-corrected chi connectivity index (χ1v) is 8.11. The van der Waals surface area contributed by atoms with Gasteiger partial charge in [0.1, 0.15) is 0 Å². The molecule has 18 heavy (non-hydrogen) atoms. The van der Waals surface area contributed by atoms with E-state index < -0.39 is 0 Å². The third-order valence-corrected chi connectivity index (χ3v) is 7.05. The average Bonchev–Trinajstić information content (AvgIpc) is 2.95. The van der Waals surface area contributed by atoms with Gasteiger partial charge in [0, 0.05) is 11.8 Å². The minimum absolute atomic E-state index is 0.0286. The van der Waals surface area contributed by atoms with Crippen LogP contribution in [-0.4, -0.2) is 23.7 Å². The molecule has 102 valence electrons. The largest absolute Gasteiger partial charge is 0.351 e. The predicted molar refractivity (Wildman–Crippen MR) is 75.2 cm³/mol. The molecule has 0 radical (unpaired) electrons. The highest BCUT2D eigenvalue weighted by molar-refractivity contribution is 7.97. The molecule has 0 aromatic heterocycles. The standard InChI is InChI=1S/C14H24N2OS/c1-13(2)9-4-6-14(13,3)11(8-9)15-12(17)10-5-7-18-16-10/h9-11,16H,4-8H2,1-3H3,(H,15,17)/t9?,10?,11-,14?/m0/s1. The molecule has 3 nitrogen and oxygen atoms in total. The van der Waals surface area contributed by atoms with Crippen LogP contribution in [0.2, 0.25) is 0 Å². The van der Waals surface area contributed by atoms with Crippen LogP contribution < -0.4 is 10.0 Å². The molecule has 2 N–H and O–H groups in total. The first-order valence-electron chi connectivity index (χ1n) is 7.13. The highest BCUT2D eigenvalue weighted by Crippen LogP contribution is 2.65. The maximum atomic E-state index is 12.2. The second-order valence-corrected chi connectivity index (χ2v) is 7.91. The zero-order chi connectivity index (χ0) is 13.0. The maximum absolute atomic E-state index is 12.2. The Morgan fingerprint density at radius 2 is 2.11 bits per heavy atom. The fourth-order valence-corrected chi connectivity index (χ4v) is 5.17. The molecule has 3 fully saturated rings. The number of hydrogen-bond donors (Lipinski definition) is 2. The topological polar surface area (TPSA) is 41.1 Å². The van der Waals surface area contributed by atoms with E-state index in [4.69, 9.17) is 0 Å². The summed E-state index contributed by atoms with van der Waals surface area (Å²) in [5, 5.41) is 3.33. The van der Waals surface area contributed by atoms with Crippen LogP contribution in [0.15, 0.2) is 0 Å². The Morgan fingerprint density at radius 3 is 2.61 bits per heavy atom. The zero-order valence-corrected chi connectivity index (χ0v) is 12.4. The molecule has 4 atom stereocenters. The Morgan fingerprint density at radius 1 is 1.33 bits per heavy atom. The van der Waals surface area contributed by atoms with Crippen LogP contribution in [0, 0.1) is 16.7 Å². The van der Waals surface area contributed by atoms with Crippen molar-refractivity contribution in [3.63, 3.8) is 0 Å². The van der Waals surface area contributed by atoms with E-state index in [-0.39, 0.29) is 11.9 Å². The number of carbonyl (C=O) groups is 1. The molecule has 3 aliphatic rings. The van der Waals surface area contributed by atoms with Gasteiger partial charge in [0.25, 0.3) is 0 Å². The summed E-state index contributed by atoms with van der Waals surface area (Å²) in [5.74, 6) is 2.06. The SMILES string of the molecule is CC1(C)C2CCC1(C)[C@@H](NC(=O)C1CCSN1)C2. The lowest BCUT2D eigenvalue weighted by Gasteiger charge is -2.39. The third kappa shape index (κ3) is 1.64. The Labute approximate surface area is 114 Å². The first-order chi connectivity index (χ1) is 8.45. The van der Waals surface area contributed by atoms with Gasteiger partial charge in [-0.25, -0.2) is 0 Å². The van der Waals surface area contributed by atoms with Gasteiger partial charge in [-0.05, 0) is 42.4 Å². The highest BCUT2D eigenvalue weighted by Gasteiger charge is 2.61. The molecule has 2 aliphatic carbocycles. The monoisotopic (exact) mass is 268 g/mol. The van der Waals surface area contributed by atoms with Gasteiger partial charge in [0.2, 0.25) is 5.91 Å². The molecular formula is C14H24N2OS. The van der Waals surface area contributed by atoms with Gasteiger partial charge in [-0.15, -0.1) is 0 Å². The summed E-state index contributed by atoms with van der Waals surface area (Å²) in [7, 11) is 0. The van der Waals surface area contributed by atoms with Gasteiger partial charge >= 0.3 is 0 Å². The molecule has 0 aromatic rings. The summed E-state index contributed by atoms with van der Waals surface area (Å²) in [6, 6.07) is 0.409. The second kappa shape index (κ2) is 4.14. The molecule has 1 saturated heterocycles. The van der Waals surface area contributed by atoms with Crippen molar-refractivity contribution in [2.75, 3.05) is 5.75 Å². The van der Waals surface area contributed by atoms with E-state index in [9.17, 15) is 4.79 Å². The van der Waals surface area contributed by atoms with E-state index >= 15 is 0 Å². The van der Waals surface area contributed by atoms with Crippen LogP contribution in [0.1, 0.15) is 46.5 Å². The van der Waals surface area contributed by atoms with E-state index in [1.54, 1.807) is 11.9 Å². The molecule has 3 rings (SSSR count). The smallest absolute Gasteiger partial charge is 0.238 e. The van der Waals surface area contributed by atoms with E-state index in [0.29, 0.717) is 16.9 Å². The predicted octanol–water partition coefficient (Wildman–Crippen LogP) is 2.33. The summed E-state index contributed by atoms with van der Waals surface area (Å²) >= 11 is 1.67. The summed E-state index contributed by atoms with van der Waals surface area (Å²) in [5.41, 5.74) is 0.669. The van der Waals surface area contributed by atoms with Crippen LogP contribution in [0.25, 0.3) is 0 Å². The Bertz CT molecular complexity index is 365. The van der Waals surface area contributed by atoms with Crippen molar-refractivity contribution >= 4 is 17.9 Å². The van der Waals surface area contributed by atoms with Crippen molar-refractivity contribution in [1.29, 1.82) is 0 Å². The van der Waals surface area contributed by atoms with Crippen LogP contribution in [0.4, 0.5) is 0 Å². The van der Waals surface area contributed by atoms with Crippen molar-refractivity contribution < 1.29 is 4.79 Å². The lowest BCUT2D eigenvalue weighted by atomic mass is 9.69. The number of fused-ring (bicyclic) bond motifs is 2. The van der Waals surface area contributed by atoms with Crippen molar-refractivity contribution in [2.45, 2.75) is 58.5 Å². The van der Waals surface area contributed by atoms with Gasteiger partial charge in [-0.3, -0.25) is 9.52 Å². The number of rotatable bonds is 2. The van der Waals surface area contributed by atoms with E-state index in [0.717, 1.165) is 18.1 Å². The molecule has 3 unspecified atom stereocenters. The molecular weight excluding hydrogens is 244 g/mol. The summed E-state index contributed by atoms with van der Waals surface area (Å²) in [6.45, 7) is 7.16.